The summed E-state index contributed by atoms with van der Waals surface area (Å²) >= 11 is 0. The van der Waals surface area contributed by atoms with E-state index in [0.29, 0.717) is 22.8 Å². The van der Waals surface area contributed by atoms with Crippen molar-refractivity contribution in [1.82, 2.24) is 10.5 Å². The second kappa shape index (κ2) is 7.69. The Morgan fingerprint density at radius 1 is 1.12 bits per heavy atom. The molecule has 0 radical (unpaired) electrons. The number of hydrogen-bond acceptors (Lipinski definition) is 5. The first kappa shape index (κ1) is 17.5. The molecular formula is C19H17FN2O4. The maximum Gasteiger partial charge on any atom is 0.273 e. The van der Waals surface area contributed by atoms with Crippen LogP contribution in [-0.2, 0) is 6.54 Å². The quantitative estimate of drug-likeness (QED) is 0.732. The van der Waals surface area contributed by atoms with Crippen molar-refractivity contribution in [2.24, 2.45) is 0 Å². The third kappa shape index (κ3) is 3.83. The molecule has 0 atom stereocenters. The zero-order valence-corrected chi connectivity index (χ0v) is 14.3. The van der Waals surface area contributed by atoms with Gasteiger partial charge in [0.25, 0.3) is 5.91 Å². The molecule has 0 bridgehead atoms. The van der Waals surface area contributed by atoms with Crippen molar-refractivity contribution in [3.05, 3.63) is 65.6 Å². The first-order valence-electron chi connectivity index (χ1n) is 7.82. The van der Waals surface area contributed by atoms with E-state index in [2.05, 4.69) is 10.5 Å². The molecule has 0 saturated carbocycles. The maximum atomic E-state index is 12.9. The summed E-state index contributed by atoms with van der Waals surface area (Å²) in [5.74, 6) is 0.854. The van der Waals surface area contributed by atoms with Gasteiger partial charge in [-0.05, 0) is 35.9 Å². The van der Waals surface area contributed by atoms with Crippen LogP contribution in [0.15, 0.2) is 53.1 Å². The van der Waals surface area contributed by atoms with Crippen LogP contribution in [0.1, 0.15) is 16.1 Å². The lowest BCUT2D eigenvalue weighted by atomic mass is 10.1. The highest BCUT2D eigenvalue weighted by molar-refractivity contribution is 5.93. The molecule has 1 aromatic heterocycles. The van der Waals surface area contributed by atoms with Crippen molar-refractivity contribution in [3.63, 3.8) is 0 Å². The van der Waals surface area contributed by atoms with Crippen LogP contribution >= 0.6 is 0 Å². The van der Waals surface area contributed by atoms with E-state index in [1.54, 1.807) is 37.4 Å². The SMILES string of the molecule is COc1ccc(OC)c(-c2cc(C(=O)NCc3ccc(F)cc3)no2)c1. The van der Waals surface area contributed by atoms with E-state index in [-0.39, 0.29) is 18.1 Å². The summed E-state index contributed by atoms with van der Waals surface area (Å²) in [4.78, 5) is 12.2. The number of aromatic nitrogens is 1. The number of amides is 1. The van der Waals surface area contributed by atoms with E-state index in [4.69, 9.17) is 14.0 Å². The van der Waals surface area contributed by atoms with Gasteiger partial charge in [0.1, 0.15) is 17.3 Å². The fourth-order valence-corrected chi connectivity index (χ4v) is 2.39. The molecule has 1 amide bonds. The Morgan fingerprint density at radius 3 is 2.58 bits per heavy atom. The highest BCUT2D eigenvalue weighted by Gasteiger charge is 2.17. The highest BCUT2D eigenvalue weighted by atomic mass is 19.1. The molecule has 0 aliphatic heterocycles. The average Bonchev–Trinajstić information content (AvgIpc) is 3.17. The van der Waals surface area contributed by atoms with Gasteiger partial charge in [-0.25, -0.2) is 4.39 Å². The standard InChI is InChI=1S/C19H17FN2O4/c1-24-14-7-8-17(25-2)15(9-14)18-10-16(22-26-18)19(23)21-11-12-3-5-13(20)6-4-12/h3-10H,11H2,1-2H3,(H,21,23). The third-order valence-corrected chi connectivity index (χ3v) is 3.78. The summed E-state index contributed by atoms with van der Waals surface area (Å²) in [5, 5.41) is 6.52. The molecule has 2 aromatic carbocycles. The van der Waals surface area contributed by atoms with Crippen LogP contribution in [-0.4, -0.2) is 25.3 Å². The van der Waals surface area contributed by atoms with E-state index >= 15 is 0 Å². The fourth-order valence-electron chi connectivity index (χ4n) is 2.39. The molecule has 0 saturated heterocycles. The van der Waals surface area contributed by atoms with Crippen molar-refractivity contribution in [1.29, 1.82) is 0 Å². The molecule has 6 nitrogen and oxygen atoms in total. The van der Waals surface area contributed by atoms with Gasteiger partial charge in [0, 0.05) is 12.6 Å². The van der Waals surface area contributed by atoms with Crippen LogP contribution < -0.4 is 14.8 Å². The molecule has 0 spiro atoms. The first-order valence-corrected chi connectivity index (χ1v) is 7.82. The summed E-state index contributed by atoms with van der Waals surface area (Å²) in [7, 11) is 3.10. The molecule has 0 aliphatic rings. The highest BCUT2D eigenvalue weighted by Crippen LogP contribution is 2.33. The molecule has 3 rings (SSSR count). The van der Waals surface area contributed by atoms with Crippen LogP contribution in [0, 0.1) is 5.82 Å². The van der Waals surface area contributed by atoms with E-state index in [9.17, 15) is 9.18 Å². The predicted octanol–water partition coefficient (Wildman–Crippen LogP) is 3.43. The number of hydrogen-bond donors (Lipinski definition) is 1. The minimum Gasteiger partial charge on any atom is -0.497 e. The zero-order valence-electron chi connectivity index (χ0n) is 14.3. The Labute approximate surface area is 149 Å². The number of methoxy groups -OCH3 is 2. The number of ether oxygens (including phenoxy) is 2. The lowest BCUT2D eigenvalue weighted by molar-refractivity contribution is 0.0942. The molecule has 1 heterocycles. The Kier molecular flexibility index (Phi) is 5.17. The molecular weight excluding hydrogens is 339 g/mol. The van der Waals surface area contributed by atoms with E-state index in [0.717, 1.165) is 5.56 Å². The number of carbonyl (C=O) groups excluding carboxylic acids is 1. The lowest BCUT2D eigenvalue weighted by Gasteiger charge is -2.07. The van der Waals surface area contributed by atoms with E-state index in [1.165, 1.54) is 25.3 Å². The van der Waals surface area contributed by atoms with Crippen LogP contribution in [0.2, 0.25) is 0 Å². The van der Waals surface area contributed by atoms with Crippen molar-refractivity contribution in [2.75, 3.05) is 14.2 Å². The minimum absolute atomic E-state index is 0.131. The summed E-state index contributed by atoms with van der Waals surface area (Å²) in [5.41, 5.74) is 1.53. The Balaban J connectivity index is 1.75. The van der Waals surface area contributed by atoms with Gasteiger partial charge in [-0.2, -0.15) is 0 Å². The topological polar surface area (TPSA) is 73.6 Å². The number of halogens is 1. The fraction of sp³-hybridized carbons (Fsp3) is 0.158. The zero-order chi connectivity index (χ0) is 18.5. The molecule has 7 heteroatoms. The van der Waals surface area contributed by atoms with Crippen LogP contribution in [0.25, 0.3) is 11.3 Å². The van der Waals surface area contributed by atoms with Gasteiger partial charge < -0.3 is 19.3 Å². The van der Waals surface area contributed by atoms with Gasteiger partial charge in [-0.15, -0.1) is 0 Å². The van der Waals surface area contributed by atoms with Crippen molar-refractivity contribution < 1.29 is 23.2 Å². The normalized spacial score (nSPS) is 10.4. The second-order valence-corrected chi connectivity index (χ2v) is 5.45. The van der Waals surface area contributed by atoms with Gasteiger partial charge in [0.05, 0.1) is 19.8 Å². The number of nitrogens with one attached hydrogen (secondary N) is 1. The van der Waals surface area contributed by atoms with Gasteiger partial charge in [-0.1, -0.05) is 17.3 Å². The van der Waals surface area contributed by atoms with Crippen molar-refractivity contribution in [2.45, 2.75) is 6.54 Å². The summed E-state index contributed by atoms with van der Waals surface area (Å²) < 4.78 is 28.7. The Morgan fingerprint density at radius 2 is 1.88 bits per heavy atom. The number of carbonyl (C=O) groups is 1. The number of benzene rings is 2. The first-order chi connectivity index (χ1) is 12.6. The van der Waals surface area contributed by atoms with Crippen LogP contribution in [0.5, 0.6) is 11.5 Å². The second-order valence-electron chi connectivity index (χ2n) is 5.45. The monoisotopic (exact) mass is 356 g/mol. The van der Waals surface area contributed by atoms with Gasteiger partial charge in [-0.3, -0.25) is 4.79 Å². The third-order valence-electron chi connectivity index (χ3n) is 3.78. The lowest BCUT2D eigenvalue weighted by Crippen LogP contribution is -2.23. The van der Waals surface area contributed by atoms with Crippen molar-refractivity contribution in [3.8, 4) is 22.8 Å². The van der Waals surface area contributed by atoms with Crippen LogP contribution in [0.3, 0.4) is 0 Å². The number of nitrogens with zero attached hydrogens (tertiary/aromatic N) is 1. The average molecular weight is 356 g/mol. The predicted molar refractivity (Wildman–Crippen MR) is 92.6 cm³/mol. The summed E-state index contributed by atoms with van der Waals surface area (Å²) in [6.07, 6.45) is 0. The summed E-state index contributed by atoms with van der Waals surface area (Å²) in [6, 6.07) is 12.6. The van der Waals surface area contributed by atoms with Crippen LogP contribution in [0.4, 0.5) is 4.39 Å². The molecule has 0 unspecified atom stereocenters. The molecule has 134 valence electrons. The molecule has 1 N–H and O–H groups in total. The summed E-state index contributed by atoms with van der Waals surface area (Å²) in [6.45, 7) is 0.254. The number of rotatable bonds is 6. The molecule has 3 aromatic rings. The van der Waals surface area contributed by atoms with Crippen molar-refractivity contribution >= 4 is 5.91 Å². The molecule has 26 heavy (non-hydrogen) atoms. The Hall–Kier alpha value is -3.35. The smallest absolute Gasteiger partial charge is 0.273 e. The Bertz CT molecular complexity index is 906. The van der Waals surface area contributed by atoms with E-state index < -0.39 is 5.91 Å². The molecule has 0 fully saturated rings. The van der Waals surface area contributed by atoms with Gasteiger partial charge in [0.15, 0.2) is 11.5 Å². The minimum atomic E-state index is -0.397. The largest absolute Gasteiger partial charge is 0.497 e. The van der Waals surface area contributed by atoms with E-state index in [1.807, 2.05) is 0 Å². The van der Waals surface area contributed by atoms with Gasteiger partial charge in [0.2, 0.25) is 0 Å². The maximum absolute atomic E-state index is 12.9. The molecule has 0 aliphatic carbocycles. The van der Waals surface area contributed by atoms with Gasteiger partial charge >= 0.3 is 0 Å².